The summed E-state index contributed by atoms with van der Waals surface area (Å²) in [6.07, 6.45) is 0.981. The van der Waals surface area contributed by atoms with Crippen molar-refractivity contribution in [1.29, 1.82) is 0 Å². The Balaban J connectivity index is 1.64. The molecule has 1 aromatic rings. The molecule has 3 rings (SSSR count). The predicted octanol–water partition coefficient (Wildman–Crippen LogP) is 1.06. The molecule has 8 nitrogen and oxygen atoms in total. The Labute approximate surface area is 146 Å². The summed E-state index contributed by atoms with van der Waals surface area (Å²) in [5.41, 5.74) is 0.221. The molecule has 2 aliphatic rings. The molecule has 8 heteroatoms. The van der Waals surface area contributed by atoms with Gasteiger partial charge in [0.05, 0.1) is 24.7 Å². The molecule has 25 heavy (non-hydrogen) atoms. The van der Waals surface area contributed by atoms with Crippen molar-refractivity contribution in [2.24, 2.45) is 5.92 Å². The van der Waals surface area contributed by atoms with Crippen LogP contribution in [0.5, 0.6) is 0 Å². The topological polar surface area (TPSA) is 93.9 Å². The summed E-state index contributed by atoms with van der Waals surface area (Å²) in [6, 6.07) is 5.98. The fourth-order valence-corrected chi connectivity index (χ4v) is 3.42. The molecule has 2 fully saturated rings. The number of rotatable bonds is 6. The Bertz CT molecular complexity index is 612. The Kier molecular flexibility index (Phi) is 5.95. The molecule has 2 atom stereocenters. The maximum Gasteiger partial charge on any atom is 0.270 e. The lowest BCUT2D eigenvalue weighted by Crippen LogP contribution is -2.52. The van der Waals surface area contributed by atoms with E-state index in [1.165, 1.54) is 18.2 Å². The summed E-state index contributed by atoms with van der Waals surface area (Å²) in [5, 5.41) is 13.8. The van der Waals surface area contributed by atoms with Crippen LogP contribution in [-0.4, -0.2) is 67.8 Å². The Hall–Kier alpha value is -2.03. The van der Waals surface area contributed by atoms with Gasteiger partial charge in [0.15, 0.2) is 0 Å². The minimum absolute atomic E-state index is 0.0819. The fraction of sp³-hybridized carbons (Fsp3) is 0.588. The lowest BCUT2D eigenvalue weighted by Gasteiger charge is -2.37. The van der Waals surface area contributed by atoms with Gasteiger partial charge in [-0.3, -0.25) is 19.8 Å². The van der Waals surface area contributed by atoms with Crippen molar-refractivity contribution < 1.29 is 19.2 Å². The van der Waals surface area contributed by atoms with Gasteiger partial charge in [0.2, 0.25) is 0 Å². The number of nitrogens with zero attached hydrogens (tertiary/aromatic N) is 2. The van der Waals surface area contributed by atoms with Gasteiger partial charge in [-0.05, 0) is 12.5 Å². The third-order valence-corrected chi connectivity index (χ3v) is 4.81. The zero-order valence-electron chi connectivity index (χ0n) is 14.1. The molecular formula is C17H23N3O5. The average Bonchev–Trinajstić information content (AvgIpc) is 3.17. The highest BCUT2D eigenvalue weighted by atomic mass is 16.6. The van der Waals surface area contributed by atoms with E-state index >= 15 is 0 Å². The molecule has 0 bridgehead atoms. The van der Waals surface area contributed by atoms with Crippen molar-refractivity contribution in [2.75, 3.05) is 46.1 Å². The van der Waals surface area contributed by atoms with E-state index in [2.05, 4.69) is 10.2 Å². The van der Waals surface area contributed by atoms with Gasteiger partial charge in [-0.15, -0.1) is 0 Å². The van der Waals surface area contributed by atoms with E-state index in [0.29, 0.717) is 37.8 Å². The van der Waals surface area contributed by atoms with E-state index in [1.54, 1.807) is 6.07 Å². The number of hydrogen-bond acceptors (Lipinski definition) is 6. The van der Waals surface area contributed by atoms with Gasteiger partial charge in [-0.25, -0.2) is 0 Å². The van der Waals surface area contributed by atoms with Crippen LogP contribution in [0.2, 0.25) is 0 Å². The molecule has 1 amide bonds. The van der Waals surface area contributed by atoms with Crippen molar-refractivity contribution in [3.05, 3.63) is 39.9 Å². The average molecular weight is 349 g/mol. The van der Waals surface area contributed by atoms with Crippen LogP contribution in [0.1, 0.15) is 16.8 Å². The van der Waals surface area contributed by atoms with Crippen LogP contribution in [0.25, 0.3) is 0 Å². The number of hydrogen-bond donors (Lipinski definition) is 1. The zero-order chi connectivity index (χ0) is 17.6. The summed E-state index contributed by atoms with van der Waals surface area (Å²) >= 11 is 0. The van der Waals surface area contributed by atoms with E-state index < -0.39 is 4.92 Å². The maximum absolute atomic E-state index is 12.4. The number of nitro benzene ring substituents is 1. The first-order valence-corrected chi connectivity index (χ1v) is 8.57. The van der Waals surface area contributed by atoms with Crippen LogP contribution in [-0.2, 0) is 9.47 Å². The third kappa shape index (κ3) is 4.53. The second-order valence-corrected chi connectivity index (χ2v) is 6.36. The molecule has 2 aliphatic heterocycles. The molecule has 2 saturated heterocycles. The number of nitrogens with one attached hydrogen (secondary N) is 1. The van der Waals surface area contributed by atoms with Gasteiger partial charge in [0.25, 0.3) is 11.6 Å². The van der Waals surface area contributed by atoms with Crippen molar-refractivity contribution in [1.82, 2.24) is 10.2 Å². The second kappa shape index (κ2) is 8.37. The Morgan fingerprint density at radius 1 is 1.32 bits per heavy atom. The van der Waals surface area contributed by atoms with Crippen LogP contribution >= 0.6 is 0 Å². The monoisotopic (exact) mass is 349 g/mol. The molecule has 0 spiro atoms. The molecule has 0 radical (unpaired) electrons. The molecule has 2 heterocycles. The number of ether oxygens (including phenoxy) is 2. The smallest absolute Gasteiger partial charge is 0.270 e. The van der Waals surface area contributed by atoms with Gasteiger partial charge >= 0.3 is 0 Å². The van der Waals surface area contributed by atoms with Crippen molar-refractivity contribution in [2.45, 2.75) is 12.5 Å². The lowest BCUT2D eigenvalue weighted by atomic mass is 9.96. The van der Waals surface area contributed by atoms with E-state index in [9.17, 15) is 14.9 Å². The van der Waals surface area contributed by atoms with Gasteiger partial charge in [-0.1, -0.05) is 6.07 Å². The number of nitro groups is 1. The first-order chi connectivity index (χ1) is 12.1. The highest BCUT2D eigenvalue weighted by Gasteiger charge is 2.31. The summed E-state index contributed by atoms with van der Waals surface area (Å²) in [4.78, 5) is 25.1. The third-order valence-electron chi connectivity index (χ3n) is 4.81. The van der Waals surface area contributed by atoms with E-state index in [-0.39, 0.29) is 17.6 Å². The van der Waals surface area contributed by atoms with Crippen LogP contribution < -0.4 is 5.32 Å². The van der Waals surface area contributed by atoms with Crippen LogP contribution in [0.15, 0.2) is 24.3 Å². The Morgan fingerprint density at radius 2 is 2.12 bits per heavy atom. The molecule has 0 saturated carbocycles. The fourth-order valence-electron chi connectivity index (χ4n) is 3.42. The van der Waals surface area contributed by atoms with Crippen molar-refractivity contribution in [3.63, 3.8) is 0 Å². The van der Waals surface area contributed by atoms with E-state index in [1.807, 2.05) is 0 Å². The molecule has 0 unspecified atom stereocenters. The van der Waals surface area contributed by atoms with Crippen LogP contribution in [0.4, 0.5) is 5.69 Å². The number of non-ortho nitro benzene ring substituents is 1. The number of carbonyl (C=O) groups excluding carboxylic acids is 1. The molecule has 1 N–H and O–H groups in total. The number of carbonyl (C=O) groups is 1. The van der Waals surface area contributed by atoms with E-state index in [4.69, 9.17) is 9.47 Å². The first kappa shape index (κ1) is 17.8. The highest BCUT2D eigenvalue weighted by molar-refractivity contribution is 5.94. The van der Waals surface area contributed by atoms with Crippen LogP contribution in [0.3, 0.4) is 0 Å². The lowest BCUT2D eigenvalue weighted by molar-refractivity contribution is -0.384. The largest absolute Gasteiger partial charge is 0.381 e. The van der Waals surface area contributed by atoms with Crippen molar-refractivity contribution in [3.8, 4) is 0 Å². The molecule has 1 aromatic carbocycles. The molecule has 136 valence electrons. The predicted molar refractivity (Wildman–Crippen MR) is 90.5 cm³/mol. The molecule has 0 aliphatic carbocycles. The summed E-state index contributed by atoms with van der Waals surface area (Å²) < 4.78 is 10.9. The van der Waals surface area contributed by atoms with Gasteiger partial charge in [-0.2, -0.15) is 0 Å². The number of benzene rings is 1. The van der Waals surface area contributed by atoms with Gasteiger partial charge in [0, 0.05) is 55.9 Å². The van der Waals surface area contributed by atoms with Crippen LogP contribution in [0, 0.1) is 16.0 Å². The normalized spacial score (nSPS) is 22.5. The SMILES string of the molecule is O=C(NC[C@@H]([C@H]1CCOC1)N1CCOCC1)c1cccc([N+](=O)[O-])c1. The zero-order valence-corrected chi connectivity index (χ0v) is 14.1. The van der Waals surface area contributed by atoms with Gasteiger partial charge in [0.1, 0.15) is 0 Å². The highest BCUT2D eigenvalue weighted by Crippen LogP contribution is 2.22. The van der Waals surface area contributed by atoms with E-state index in [0.717, 1.165) is 26.1 Å². The number of amides is 1. The minimum Gasteiger partial charge on any atom is -0.381 e. The molecule has 0 aromatic heterocycles. The van der Waals surface area contributed by atoms with Crippen molar-refractivity contribution >= 4 is 11.6 Å². The Morgan fingerprint density at radius 3 is 2.80 bits per heavy atom. The second-order valence-electron chi connectivity index (χ2n) is 6.36. The quantitative estimate of drug-likeness (QED) is 0.610. The summed E-state index contributed by atoms with van der Waals surface area (Å²) in [6.45, 7) is 5.03. The minimum atomic E-state index is -0.497. The summed E-state index contributed by atoms with van der Waals surface area (Å²) in [7, 11) is 0. The summed E-state index contributed by atoms with van der Waals surface area (Å²) in [5.74, 6) is 0.0874. The molecular weight excluding hydrogens is 326 g/mol. The standard InChI is InChI=1S/C17H23N3O5/c21-17(13-2-1-3-15(10-13)20(22)23)18-11-16(14-4-7-25-12-14)19-5-8-24-9-6-19/h1-3,10,14,16H,4-9,11-12H2,(H,18,21)/t14-,16-/m0/s1. The van der Waals surface area contributed by atoms with Gasteiger partial charge < -0.3 is 14.8 Å². The first-order valence-electron chi connectivity index (χ1n) is 8.57. The maximum atomic E-state index is 12.4. The number of morpholine rings is 1.